The van der Waals surface area contributed by atoms with Crippen molar-refractivity contribution in [2.75, 3.05) is 26.4 Å². The van der Waals surface area contributed by atoms with Gasteiger partial charge in [0.25, 0.3) is 0 Å². The number of allylic oxidation sites excluding steroid dienone is 1. The molecule has 0 unspecified atom stereocenters. The molecule has 1 aromatic rings. The van der Waals surface area contributed by atoms with Crippen LogP contribution in [0.25, 0.3) is 0 Å². The highest BCUT2D eigenvalue weighted by Crippen LogP contribution is 2.62. The molecule has 0 saturated heterocycles. The average molecular weight is 653 g/mol. The van der Waals surface area contributed by atoms with Crippen LogP contribution in [0.2, 0.25) is 0 Å². The summed E-state index contributed by atoms with van der Waals surface area (Å²) in [4.78, 5) is 22.3. The van der Waals surface area contributed by atoms with Crippen molar-refractivity contribution in [3.63, 3.8) is 0 Å². The van der Waals surface area contributed by atoms with Gasteiger partial charge in [0, 0.05) is 43.6 Å². The number of rotatable bonds is 16. The Morgan fingerprint density at radius 1 is 1.15 bits per heavy atom. The lowest BCUT2D eigenvalue weighted by molar-refractivity contribution is -0.257. The minimum Gasteiger partial charge on any atom is -0.508 e. The summed E-state index contributed by atoms with van der Waals surface area (Å²) in [6.07, 6.45) is 11.9. The number of phenolic OH excluding ortho intramolecular Hbond substituents is 1. The second kappa shape index (κ2) is 15.1. The van der Waals surface area contributed by atoms with Crippen LogP contribution in [0.3, 0.4) is 0 Å². The number of carbonyl (C=O) groups is 1. The number of phenols is 1. The van der Waals surface area contributed by atoms with Crippen molar-refractivity contribution in [3.05, 3.63) is 48.1 Å². The summed E-state index contributed by atoms with van der Waals surface area (Å²) in [5.41, 5.74) is 2.21. The van der Waals surface area contributed by atoms with Crippen molar-refractivity contribution in [1.29, 1.82) is 0 Å². The monoisotopic (exact) mass is 652 g/mol. The van der Waals surface area contributed by atoms with Gasteiger partial charge in [0.05, 0.1) is 18.2 Å². The molecule has 5 rings (SSSR count). The van der Waals surface area contributed by atoms with Crippen molar-refractivity contribution in [1.82, 2.24) is 4.90 Å². The lowest BCUT2D eigenvalue weighted by Crippen LogP contribution is -2.70. The maximum Gasteiger partial charge on any atom is 0.239 e. The van der Waals surface area contributed by atoms with E-state index in [4.69, 9.17) is 19.5 Å². The van der Waals surface area contributed by atoms with Crippen LogP contribution in [0.4, 0.5) is 0 Å². The van der Waals surface area contributed by atoms with Crippen molar-refractivity contribution in [2.45, 2.75) is 115 Å². The van der Waals surface area contributed by atoms with Crippen LogP contribution in [-0.4, -0.2) is 75.6 Å². The zero-order chi connectivity index (χ0) is 33.8. The molecule has 1 amide bonds. The van der Waals surface area contributed by atoms with E-state index in [1.807, 2.05) is 37.8 Å². The van der Waals surface area contributed by atoms with Crippen molar-refractivity contribution >= 4 is 11.6 Å². The van der Waals surface area contributed by atoms with Gasteiger partial charge in [-0.2, -0.15) is 0 Å². The molecule has 0 spiro atoms. The third-order valence-electron chi connectivity index (χ3n) is 10.1. The van der Waals surface area contributed by atoms with E-state index in [1.54, 1.807) is 12.1 Å². The Labute approximate surface area is 280 Å². The van der Waals surface area contributed by atoms with E-state index in [9.17, 15) is 20.1 Å². The molecule has 2 fully saturated rings. The number of aromatic hydroxyl groups is 1. The first-order chi connectivity index (χ1) is 22.6. The Balaban J connectivity index is 1.77. The highest BCUT2D eigenvalue weighted by Gasteiger charge is 2.65. The van der Waals surface area contributed by atoms with Crippen molar-refractivity contribution in [2.24, 2.45) is 28.8 Å². The number of unbranched alkanes of at least 4 members (excludes halogenated alkanes) is 2. The van der Waals surface area contributed by atoms with Gasteiger partial charge in [-0.15, -0.1) is 6.58 Å². The molecule has 4 aliphatic rings. The van der Waals surface area contributed by atoms with Gasteiger partial charge in [0.15, 0.2) is 0 Å². The molecule has 9 heteroatoms. The normalized spacial score (nSPS) is 28.9. The predicted molar refractivity (Wildman–Crippen MR) is 182 cm³/mol. The summed E-state index contributed by atoms with van der Waals surface area (Å²) in [6.45, 7) is 13.1. The highest BCUT2D eigenvalue weighted by molar-refractivity contribution is 6.03. The molecular weight excluding hydrogens is 596 g/mol. The fraction of sp³-hybridized carbons (Fsp3) is 0.684. The molecule has 260 valence electrons. The number of hydrogen-bond acceptors (Lipinski definition) is 8. The summed E-state index contributed by atoms with van der Waals surface area (Å²) in [5, 5.41) is 35.1. The third kappa shape index (κ3) is 7.57. The number of amides is 1. The summed E-state index contributed by atoms with van der Waals surface area (Å²) in [6, 6.07) is 4.84. The first-order valence-corrected chi connectivity index (χ1v) is 17.8. The molecule has 0 bridgehead atoms. The van der Waals surface area contributed by atoms with E-state index in [-0.39, 0.29) is 61.1 Å². The number of nitrogens with zero attached hydrogens (tertiary/aromatic N) is 2. The summed E-state index contributed by atoms with van der Waals surface area (Å²) in [7, 11) is 0. The average Bonchev–Trinajstić information content (AvgIpc) is 3.89. The number of ether oxygens (including phenoxy) is 2. The topological polar surface area (TPSA) is 121 Å². The molecule has 3 N–H and O–H groups in total. The van der Waals surface area contributed by atoms with E-state index in [2.05, 4.69) is 19.6 Å². The van der Waals surface area contributed by atoms with Crippen LogP contribution in [0.1, 0.15) is 103 Å². The van der Waals surface area contributed by atoms with Gasteiger partial charge in [-0.1, -0.05) is 37.1 Å². The fourth-order valence-electron chi connectivity index (χ4n) is 8.07. The number of hydrogen-bond donors (Lipinski definition) is 3. The van der Waals surface area contributed by atoms with Crippen LogP contribution in [0, 0.1) is 23.7 Å². The summed E-state index contributed by atoms with van der Waals surface area (Å²) >= 11 is 0. The molecule has 3 aliphatic carbocycles. The fourth-order valence-corrected chi connectivity index (χ4v) is 8.07. The zero-order valence-electron chi connectivity index (χ0n) is 28.8. The van der Waals surface area contributed by atoms with Crippen LogP contribution in [-0.2, 0) is 14.4 Å². The molecule has 0 radical (unpaired) electrons. The van der Waals surface area contributed by atoms with Crippen LogP contribution in [0.15, 0.2) is 47.7 Å². The number of aliphatic hydroxyl groups is 2. The molecule has 9 nitrogen and oxygen atoms in total. The summed E-state index contributed by atoms with van der Waals surface area (Å²) in [5.74, 6) is -0.460. The standard InChI is InChI=1S/C38H56N2O7/c1-6-18-40(36(44)25-14-15-25)33-24-31(39-47-37(3,4)5)29-22-26(12-8-10-19-41)28(13-9-11-20-42)34-30-23-27(43)16-17-32(30)46-38(33,35(29)34)45-21-7-2/h7,16-17,22-23,25-26,28,33-35,41-43H,2,6,8-15,18-21,24H2,1,3-5H3/t26-,28+,33-,34+,35+,38+/m0/s1. The van der Waals surface area contributed by atoms with Crippen LogP contribution < -0.4 is 4.74 Å². The van der Waals surface area contributed by atoms with Gasteiger partial charge in [-0.25, -0.2) is 0 Å². The second-order valence-corrected chi connectivity index (χ2v) is 14.8. The number of oxime groups is 1. The largest absolute Gasteiger partial charge is 0.508 e. The Bertz CT molecular complexity index is 1320. The van der Waals surface area contributed by atoms with Gasteiger partial charge in [0.1, 0.15) is 23.1 Å². The van der Waals surface area contributed by atoms with E-state index < -0.39 is 17.4 Å². The first-order valence-electron chi connectivity index (χ1n) is 17.8. The molecular formula is C38H56N2O7. The van der Waals surface area contributed by atoms with Gasteiger partial charge in [-0.05, 0) is 101 Å². The molecule has 2 saturated carbocycles. The first kappa shape index (κ1) is 35.4. The number of fused-ring (bicyclic) bond motifs is 2. The summed E-state index contributed by atoms with van der Waals surface area (Å²) < 4.78 is 14.1. The maximum atomic E-state index is 14.1. The van der Waals surface area contributed by atoms with Gasteiger partial charge in [-0.3, -0.25) is 4.79 Å². The Morgan fingerprint density at radius 2 is 1.87 bits per heavy atom. The van der Waals surface area contributed by atoms with Crippen molar-refractivity contribution in [3.8, 4) is 11.5 Å². The zero-order valence-corrected chi connectivity index (χ0v) is 28.8. The molecule has 47 heavy (non-hydrogen) atoms. The van der Waals surface area contributed by atoms with E-state index in [0.717, 1.165) is 68.2 Å². The SMILES string of the molecule is C=CCO[C@@]12Oc3ccc(O)cc3[C@H]3[C@H](CCCCO)[C@@H](CCCCO)C=C(C(=NOC(C)(C)C)C[C@@H]1N(CCC)C(=O)C1CC1)[C@H]32. The Morgan fingerprint density at radius 3 is 2.51 bits per heavy atom. The third-order valence-corrected chi connectivity index (χ3v) is 10.1. The number of carbonyl (C=O) groups excluding carboxylic acids is 1. The Hall–Kier alpha value is -2.88. The lowest BCUT2D eigenvalue weighted by atomic mass is 9.55. The van der Waals surface area contributed by atoms with Crippen LogP contribution >= 0.6 is 0 Å². The number of aliphatic hydroxyl groups excluding tert-OH is 2. The van der Waals surface area contributed by atoms with E-state index >= 15 is 0 Å². The predicted octanol–water partition coefficient (Wildman–Crippen LogP) is 6.47. The van der Waals surface area contributed by atoms with Gasteiger partial charge in [0.2, 0.25) is 11.7 Å². The van der Waals surface area contributed by atoms with E-state index in [1.165, 1.54) is 0 Å². The smallest absolute Gasteiger partial charge is 0.239 e. The highest BCUT2D eigenvalue weighted by atomic mass is 16.7. The maximum absolute atomic E-state index is 14.1. The molecule has 6 atom stereocenters. The second-order valence-electron chi connectivity index (χ2n) is 14.8. The van der Waals surface area contributed by atoms with Crippen molar-refractivity contribution < 1.29 is 34.4 Å². The van der Waals surface area contributed by atoms with Gasteiger partial charge < -0.3 is 34.5 Å². The molecule has 1 aromatic carbocycles. The minimum absolute atomic E-state index is 0.0123. The van der Waals surface area contributed by atoms with E-state index in [0.29, 0.717) is 25.1 Å². The molecule has 1 aliphatic heterocycles. The van der Waals surface area contributed by atoms with Crippen LogP contribution in [0.5, 0.6) is 11.5 Å². The minimum atomic E-state index is -1.24. The number of benzene rings is 1. The Kier molecular flexibility index (Phi) is 11.4. The van der Waals surface area contributed by atoms with Gasteiger partial charge >= 0.3 is 0 Å². The lowest BCUT2D eigenvalue weighted by Gasteiger charge is -2.60. The molecule has 0 aromatic heterocycles. The quantitative estimate of drug-likeness (QED) is 0.106. The molecule has 1 heterocycles.